The number of carbonyl (C=O) groups is 1. The van der Waals surface area contributed by atoms with E-state index in [9.17, 15) is 4.79 Å². The number of anilines is 1. The molecule has 0 spiro atoms. The number of aromatic nitrogens is 3. The predicted molar refractivity (Wildman–Crippen MR) is 118 cm³/mol. The van der Waals surface area contributed by atoms with E-state index in [1.165, 1.54) is 0 Å². The molecule has 2 unspecified atom stereocenters. The van der Waals surface area contributed by atoms with Gasteiger partial charge in [0.15, 0.2) is 5.65 Å². The fourth-order valence-corrected chi connectivity index (χ4v) is 4.59. The van der Waals surface area contributed by atoms with Crippen LogP contribution < -0.4 is 22.1 Å². The summed E-state index contributed by atoms with van der Waals surface area (Å²) in [5.41, 5.74) is 20.4. The van der Waals surface area contributed by atoms with Gasteiger partial charge < -0.3 is 27.0 Å². The van der Waals surface area contributed by atoms with Crippen molar-refractivity contribution < 1.29 is 4.79 Å². The Morgan fingerprint density at radius 2 is 2.13 bits per heavy atom. The molecule has 0 saturated carbocycles. The van der Waals surface area contributed by atoms with Crippen LogP contribution in [0.5, 0.6) is 0 Å². The Morgan fingerprint density at radius 3 is 2.83 bits per heavy atom. The van der Waals surface area contributed by atoms with Gasteiger partial charge in [-0.2, -0.15) is 5.10 Å². The van der Waals surface area contributed by atoms with Crippen LogP contribution in [0.2, 0.25) is 0 Å². The van der Waals surface area contributed by atoms with Crippen molar-refractivity contribution in [2.75, 3.05) is 31.1 Å². The first-order valence-electron chi connectivity index (χ1n) is 10.7. The molecule has 30 heavy (non-hydrogen) atoms. The molecule has 1 amide bonds. The Hall–Kier alpha value is -1.94. The van der Waals surface area contributed by atoms with Crippen molar-refractivity contribution in [2.45, 2.75) is 56.1 Å². The molecule has 0 radical (unpaired) electrons. The van der Waals surface area contributed by atoms with Gasteiger partial charge in [0.2, 0.25) is 5.91 Å². The van der Waals surface area contributed by atoms with Crippen LogP contribution in [0.15, 0.2) is 12.3 Å². The summed E-state index contributed by atoms with van der Waals surface area (Å²) < 4.78 is 1.80. The number of alkyl halides is 1. The molecule has 2 aliphatic heterocycles. The van der Waals surface area contributed by atoms with Gasteiger partial charge in [0.25, 0.3) is 0 Å². The maximum absolute atomic E-state index is 13.0. The maximum Gasteiger partial charge on any atom is 0.241 e. The van der Waals surface area contributed by atoms with Crippen LogP contribution >= 0.6 is 11.6 Å². The number of fused-ring (bicyclic) bond motifs is 1. The number of rotatable bonds is 5. The minimum Gasteiger partial charge on any atom is -0.355 e. The van der Waals surface area contributed by atoms with Crippen LogP contribution in [0.1, 0.15) is 43.0 Å². The molecule has 2 aromatic heterocycles. The fraction of sp³-hybridized carbons (Fsp3) is 0.650. The zero-order valence-corrected chi connectivity index (χ0v) is 18.1. The first-order chi connectivity index (χ1) is 14.4. The number of piperidine rings is 1. The molecule has 0 bridgehead atoms. The minimum atomic E-state index is -0.819. The number of carbonyl (C=O) groups excluding carboxylic acids is 1. The largest absolute Gasteiger partial charge is 0.355 e. The Labute approximate surface area is 181 Å². The van der Waals surface area contributed by atoms with E-state index in [-0.39, 0.29) is 24.5 Å². The molecule has 4 rings (SSSR count). The summed E-state index contributed by atoms with van der Waals surface area (Å²) in [5, 5.41) is 4.17. The Balaban J connectivity index is 1.63. The average molecular weight is 435 g/mol. The van der Waals surface area contributed by atoms with Gasteiger partial charge in [0.1, 0.15) is 11.9 Å². The highest BCUT2D eigenvalue weighted by molar-refractivity contribution is 6.22. The number of aryl methyl sites for hydroxylation is 1. The Kier molecular flexibility index (Phi) is 6.15. The lowest BCUT2D eigenvalue weighted by molar-refractivity contribution is -0.136. The van der Waals surface area contributed by atoms with Gasteiger partial charge in [-0.1, -0.05) is 0 Å². The maximum atomic E-state index is 13.0. The Morgan fingerprint density at radius 1 is 1.33 bits per heavy atom. The van der Waals surface area contributed by atoms with Gasteiger partial charge in [-0.15, -0.1) is 11.6 Å². The first kappa shape index (κ1) is 21.3. The van der Waals surface area contributed by atoms with E-state index in [4.69, 9.17) is 38.9 Å². The molecule has 9 nitrogen and oxygen atoms in total. The second kappa shape index (κ2) is 8.66. The Bertz CT molecular complexity index is 918. The smallest absolute Gasteiger partial charge is 0.241 e. The summed E-state index contributed by atoms with van der Waals surface area (Å²) >= 11 is 6.15. The van der Waals surface area contributed by atoms with Gasteiger partial charge in [0.05, 0.1) is 17.1 Å². The lowest BCUT2D eigenvalue weighted by Gasteiger charge is -2.36. The van der Waals surface area contributed by atoms with E-state index in [2.05, 4.69) is 4.90 Å². The number of nitrogens with two attached hydrogens (primary N) is 3. The third-order valence-electron chi connectivity index (χ3n) is 6.18. The summed E-state index contributed by atoms with van der Waals surface area (Å²) in [4.78, 5) is 21.9. The van der Waals surface area contributed by atoms with Crippen molar-refractivity contribution >= 4 is 29.0 Å². The van der Waals surface area contributed by atoms with Crippen molar-refractivity contribution in [3.63, 3.8) is 0 Å². The minimum absolute atomic E-state index is 0.135. The normalized spacial score (nSPS) is 24.4. The van der Waals surface area contributed by atoms with E-state index in [0.717, 1.165) is 61.5 Å². The molecule has 2 aromatic rings. The first-order valence-corrected chi connectivity index (χ1v) is 11.1. The van der Waals surface area contributed by atoms with E-state index >= 15 is 0 Å². The van der Waals surface area contributed by atoms with E-state index in [0.29, 0.717) is 6.54 Å². The van der Waals surface area contributed by atoms with Crippen LogP contribution in [0, 0.1) is 6.92 Å². The van der Waals surface area contributed by atoms with Gasteiger partial charge in [-0.25, -0.2) is 9.50 Å². The molecule has 2 fully saturated rings. The highest BCUT2D eigenvalue weighted by Crippen LogP contribution is 2.32. The number of likely N-dealkylation sites (tertiary alicyclic amines) is 1. The highest BCUT2D eigenvalue weighted by Gasteiger charge is 2.35. The molecule has 2 aliphatic rings. The van der Waals surface area contributed by atoms with Crippen molar-refractivity contribution in [3.8, 4) is 0 Å². The fourth-order valence-electron chi connectivity index (χ4n) is 4.48. The van der Waals surface area contributed by atoms with Crippen LogP contribution in [0.4, 0.5) is 5.82 Å². The van der Waals surface area contributed by atoms with Crippen molar-refractivity contribution in [1.29, 1.82) is 0 Å². The molecular weight excluding hydrogens is 404 g/mol. The number of halogens is 1. The SMILES string of the molecule is Cc1cn2nc([C@@H]3CCCCN3C(=O)C(N)C(Cl)CN)cc2nc1N1CC[C@H](N)C1. The molecule has 4 heterocycles. The standard InChI is InChI=1S/C20H31ClN8O/c1-12-10-29-17(25-19(12)27-7-5-13(23)11-27)8-15(26-29)16-4-2-3-6-28(16)20(30)18(24)14(21)9-22/h8,10,13-14,16,18H,2-7,9,11,22-24H2,1H3/t13-,14?,16-,18?/m0/s1. The molecule has 0 aliphatic carbocycles. The van der Waals surface area contributed by atoms with Crippen molar-refractivity contribution in [3.05, 3.63) is 23.5 Å². The third kappa shape index (κ3) is 3.99. The van der Waals surface area contributed by atoms with Gasteiger partial charge in [-0.05, 0) is 32.6 Å². The number of hydrogen-bond donors (Lipinski definition) is 3. The van der Waals surface area contributed by atoms with Crippen LogP contribution in [-0.4, -0.2) is 69.0 Å². The average Bonchev–Trinajstić information content (AvgIpc) is 3.37. The van der Waals surface area contributed by atoms with E-state index < -0.39 is 11.4 Å². The second-order valence-electron chi connectivity index (χ2n) is 8.43. The quantitative estimate of drug-likeness (QED) is 0.584. The summed E-state index contributed by atoms with van der Waals surface area (Å²) in [7, 11) is 0. The van der Waals surface area contributed by atoms with E-state index in [1.54, 1.807) is 4.52 Å². The van der Waals surface area contributed by atoms with Crippen LogP contribution in [0.25, 0.3) is 5.65 Å². The van der Waals surface area contributed by atoms with E-state index in [1.807, 2.05) is 24.1 Å². The molecular formula is C20H31ClN8O. The summed E-state index contributed by atoms with van der Waals surface area (Å²) in [6.45, 7) is 4.57. The summed E-state index contributed by atoms with van der Waals surface area (Å²) in [6, 6.07) is 1.21. The van der Waals surface area contributed by atoms with Crippen LogP contribution in [-0.2, 0) is 4.79 Å². The predicted octanol–water partition coefficient (Wildman–Crippen LogP) is 0.522. The molecule has 6 N–H and O–H groups in total. The summed E-state index contributed by atoms with van der Waals surface area (Å²) in [6.07, 6.45) is 5.77. The molecule has 10 heteroatoms. The van der Waals surface area contributed by atoms with Gasteiger partial charge in [0, 0.05) is 50.0 Å². The zero-order chi connectivity index (χ0) is 21.4. The van der Waals surface area contributed by atoms with Crippen molar-refractivity contribution in [2.24, 2.45) is 17.2 Å². The van der Waals surface area contributed by atoms with Gasteiger partial charge in [-0.3, -0.25) is 4.79 Å². The van der Waals surface area contributed by atoms with Gasteiger partial charge >= 0.3 is 0 Å². The lowest BCUT2D eigenvalue weighted by Crippen LogP contribution is -2.52. The third-order valence-corrected chi connectivity index (χ3v) is 6.63. The number of nitrogens with zero attached hydrogens (tertiary/aromatic N) is 5. The topological polar surface area (TPSA) is 132 Å². The second-order valence-corrected chi connectivity index (χ2v) is 9.00. The summed E-state index contributed by atoms with van der Waals surface area (Å²) in [5.74, 6) is 0.784. The number of hydrogen-bond acceptors (Lipinski definition) is 7. The molecule has 0 aromatic carbocycles. The zero-order valence-electron chi connectivity index (χ0n) is 17.4. The monoisotopic (exact) mass is 434 g/mol. The molecule has 164 valence electrons. The number of amides is 1. The lowest BCUT2D eigenvalue weighted by atomic mass is 9.98. The molecule has 2 saturated heterocycles. The van der Waals surface area contributed by atoms with Crippen molar-refractivity contribution in [1.82, 2.24) is 19.5 Å². The van der Waals surface area contributed by atoms with Crippen LogP contribution in [0.3, 0.4) is 0 Å². The highest BCUT2D eigenvalue weighted by atomic mass is 35.5. The molecule has 4 atom stereocenters.